The van der Waals surface area contributed by atoms with E-state index in [2.05, 4.69) is 22.8 Å². The first kappa shape index (κ1) is 18.0. The molecule has 0 spiro atoms. The molecule has 0 aliphatic carbocycles. The van der Waals surface area contributed by atoms with Crippen molar-refractivity contribution in [2.75, 3.05) is 24.5 Å². The van der Waals surface area contributed by atoms with Crippen molar-refractivity contribution in [1.29, 1.82) is 0 Å². The van der Waals surface area contributed by atoms with Crippen molar-refractivity contribution < 1.29 is 4.79 Å². The zero-order chi connectivity index (χ0) is 18.6. The Morgan fingerprint density at radius 1 is 1.00 bits per heavy atom. The number of anilines is 1. The molecule has 2 aromatic rings. The van der Waals surface area contributed by atoms with Gasteiger partial charge >= 0.3 is 0 Å². The number of hydrogen-bond acceptors (Lipinski definition) is 3. The Bertz CT molecular complexity index is 783. The standard InChI is InChI=1S/C23H29N3O/c1-18-16-20(17-24-22(18)25-13-7-3-8-14-25)21-12-6-9-15-26(21)23(27)19-10-4-2-5-11-19/h2,4-5,10-11,16-17,21H,3,6-9,12-15H2,1H3/t21-/m0/s1. The smallest absolute Gasteiger partial charge is 0.254 e. The van der Waals surface area contributed by atoms with Gasteiger partial charge in [-0.2, -0.15) is 0 Å². The molecule has 0 radical (unpaired) electrons. The summed E-state index contributed by atoms with van der Waals surface area (Å²) >= 11 is 0. The van der Waals surface area contributed by atoms with Crippen molar-refractivity contribution in [2.24, 2.45) is 0 Å². The lowest BCUT2D eigenvalue weighted by atomic mass is 9.94. The number of hydrogen-bond donors (Lipinski definition) is 0. The largest absolute Gasteiger partial charge is 0.356 e. The first-order valence-electron chi connectivity index (χ1n) is 10.3. The lowest BCUT2D eigenvalue weighted by Gasteiger charge is -2.36. The van der Waals surface area contributed by atoms with Crippen LogP contribution < -0.4 is 4.90 Å². The molecule has 3 heterocycles. The fourth-order valence-electron chi connectivity index (χ4n) is 4.48. The molecule has 1 aromatic heterocycles. The Labute approximate surface area is 162 Å². The van der Waals surface area contributed by atoms with Gasteiger partial charge in [-0.1, -0.05) is 18.2 Å². The monoisotopic (exact) mass is 363 g/mol. The maximum Gasteiger partial charge on any atom is 0.254 e. The molecule has 4 nitrogen and oxygen atoms in total. The number of amides is 1. The van der Waals surface area contributed by atoms with Crippen LogP contribution in [-0.2, 0) is 0 Å². The second kappa shape index (κ2) is 8.12. The van der Waals surface area contributed by atoms with Crippen molar-refractivity contribution in [1.82, 2.24) is 9.88 Å². The third-order valence-electron chi connectivity index (χ3n) is 5.90. The van der Waals surface area contributed by atoms with Crippen LogP contribution in [0.4, 0.5) is 5.82 Å². The molecule has 1 atom stereocenters. The van der Waals surface area contributed by atoms with Gasteiger partial charge in [0.05, 0.1) is 6.04 Å². The van der Waals surface area contributed by atoms with Crippen molar-refractivity contribution in [2.45, 2.75) is 51.5 Å². The molecule has 1 amide bonds. The molecule has 0 bridgehead atoms. The van der Waals surface area contributed by atoms with E-state index in [4.69, 9.17) is 4.98 Å². The molecule has 1 aromatic carbocycles. The second-order valence-electron chi connectivity index (χ2n) is 7.83. The maximum absolute atomic E-state index is 13.1. The molecule has 4 heteroatoms. The van der Waals surface area contributed by atoms with Gasteiger partial charge in [-0.05, 0) is 74.8 Å². The molecule has 2 fully saturated rings. The zero-order valence-electron chi connectivity index (χ0n) is 16.2. The van der Waals surface area contributed by atoms with Crippen molar-refractivity contribution in [3.05, 3.63) is 59.3 Å². The number of rotatable bonds is 3. The van der Waals surface area contributed by atoms with Crippen molar-refractivity contribution in [3.8, 4) is 0 Å². The predicted molar refractivity (Wildman–Crippen MR) is 109 cm³/mol. The number of piperidine rings is 2. The summed E-state index contributed by atoms with van der Waals surface area (Å²) in [5.41, 5.74) is 3.18. The van der Waals surface area contributed by atoms with Crippen LogP contribution in [-0.4, -0.2) is 35.4 Å². The molecule has 0 N–H and O–H groups in total. The number of pyridine rings is 1. The molecule has 0 unspecified atom stereocenters. The highest BCUT2D eigenvalue weighted by atomic mass is 16.2. The molecule has 2 aliphatic heterocycles. The third-order valence-corrected chi connectivity index (χ3v) is 5.90. The summed E-state index contributed by atoms with van der Waals surface area (Å²) < 4.78 is 0. The average molecular weight is 364 g/mol. The SMILES string of the molecule is Cc1cc([C@@H]2CCCCN2C(=O)c2ccccc2)cnc1N1CCCCC1. The van der Waals surface area contributed by atoms with Crippen LogP contribution >= 0.6 is 0 Å². The van der Waals surface area contributed by atoms with Gasteiger partial charge in [-0.25, -0.2) is 4.98 Å². The molecule has 2 saturated heterocycles. The topological polar surface area (TPSA) is 36.4 Å². The number of carbonyl (C=O) groups excluding carboxylic acids is 1. The quantitative estimate of drug-likeness (QED) is 0.790. The summed E-state index contributed by atoms with van der Waals surface area (Å²) in [6.07, 6.45) is 9.10. The zero-order valence-corrected chi connectivity index (χ0v) is 16.2. The molecular formula is C23H29N3O. The molecule has 0 saturated carbocycles. The Morgan fingerprint density at radius 2 is 1.74 bits per heavy atom. The number of aryl methyl sites for hydroxylation is 1. The van der Waals surface area contributed by atoms with E-state index in [1.807, 2.05) is 36.5 Å². The number of benzene rings is 1. The van der Waals surface area contributed by atoms with Crippen LogP contribution in [0.5, 0.6) is 0 Å². The van der Waals surface area contributed by atoms with E-state index in [9.17, 15) is 4.79 Å². The number of nitrogens with zero attached hydrogens (tertiary/aromatic N) is 3. The van der Waals surface area contributed by atoms with Crippen LogP contribution in [0.1, 0.15) is 66.1 Å². The van der Waals surface area contributed by atoms with Gasteiger partial charge in [-0.15, -0.1) is 0 Å². The summed E-state index contributed by atoms with van der Waals surface area (Å²) in [4.78, 5) is 22.4. The van der Waals surface area contributed by atoms with Crippen LogP contribution in [0.15, 0.2) is 42.6 Å². The average Bonchev–Trinajstić information content (AvgIpc) is 2.74. The minimum Gasteiger partial charge on any atom is -0.356 e. The van der Waals surface area contributed by atoms with Crippen LogP contribution in [0, 0.1) is 6.92 Å². The fourth-order valence-corrected chi connectivity index (χ4v) is 4.48. The van der Waals surface area contributed by atoms with E-state index in [-0.39, 0.29) is 11.9 Å². The van der Waals surface area contributed by atoms with E-state index < -0.39 is 0 Å². The lowest BCUT2D eigenvalue weighted by Crippen LogP contribution is -2.38. The van der Waals surface area contributed by atoms with E-state index in [0.717, 1.165) is 50.3 Å². The summed E-state index contributed by atoms with van der Waals surface area (Å²) in [6, 6.07) is 12.0. The Balaban J connectivity index is 1.58. The second-order valence-corrected chi connectivity index (χ2v) is 7.83. The Hall–Kier alpha value is -2.36. The molecule has 4 rings (SSSR count). The van der Waals surface area contributed by atoms with Gasteiger partial charge in [0.1, 0.15) is 5.82 Å². The highest BCUT2D eigenvalue weighted by Gasteiger charge is 2.29. The summed E-state index contributed by atoms with van der Waals surface area (Å²) in [7, 11) is 0. The first-order chi connectivity index (χ1) is 13.2. The van der Waals surface area contributed by atoms with E-state index in [1.165, 1.54) is 30.4 Å². The third kappa shape index (κ3) is 3.85. The highest BCUT2D eigenvalue weighted by Crippen LogP contribution is 2.33. The number of carbonyl (C=O) groups is 1. The predicted octanol–water partition coefficient (Wildman–Crippen LogP) is 4.75. The van der Waals surface area contributed by atoms with Crippen LogP contribution in [0.2, 0.25) is 0 Å². The van der Waals surface area contributed by atoms with Crippen molar-refractivity contribution >= 4 is 11.7 Å². The summed E-state index contributed by atoms with van der Waals surface area (Å²) in [5, 5.41) is 0. The van der Waals surface area contributed by atoms with Gasteiger partial charge in [0.15, 0.2) is 0 Å². The van der Waals surface area contributed by atoms with Crippen LogP contribution in [0.25, 0.3) is 0 Å². The molecule has 2 aliphatic rings. The Morgan fingerprint density at radius 3 is 2.48 bits per heavy atom. The molecular weight excluding hydrogens is 334 g/mol. The van der Waals surface area contributed by atoms with Crippen LogP contribution in [0.3, 0.4) is 0 Å². The number of likely N-dealkylation sites (tertiary alicyclic amines) is 1. The first-order valence-corrected chi connectivity index (χ1v) is 10.3. The van der Waals surface area contributed by atoms with Gasteiger partial charge < -0.3 is 9.80 Å². The van der Waals surface area contributed by atoms with E-state index in [0.29, 0.717) is 0 Å². The number of aromatic nitrogens is 1. The highest BCUT2D eigenvalue weighted by molar-refractivity contribution is 5.94. The van der Waals surface area contributed by atoms with Crippen molar-refractivity contribution in [3.63, 3.8) is 0 Å². The lowest BCUT2D eigenvalue weighted by molar-refractivity contribution is 0.0611. The molecule has 142 valence electrons. The van der Waals surface area contributed by atoms with Gasteiger partial charge in [0.25, 0.3) is 5.91 Å². The summed E-state index contributed by atoms with van der Waals surface area (Å²) in [5.74, 6) is 1.26. The fraction of sp³-hybridized carbons (Fsp3) is 0.478. The maximum atomic E-state index is 13.1. The molecule has 27 heavy (non-hydrogen) atoms. The minimum atomic E-state index is 0.132. The summed E-state index contributed by atoms with van der Waals surface area (Å²) in [6.45, 7) is 5.20. The van der Waals surface area contributed by atoms with E-state index in [1.54, 1.807) is 0 Å². The van der Waals surface area contributed by atoms with Gasteiger partial charge in [0.2, 0.25) is 0 Å². The normalized spacial score (nSPS) is 20.6. The van der Waals surface area contributed by atoms with Gasteiger partial charge in [-0.3, -0.25) is 4.79 Å². The minimum absolute atomic E-state index is 0.132. The Kier molecular flexibility index (Phi) is 5.42. The van der Waals surface area contributed by atoms with E-state index >= 15 is 0 Å². The van der Waals surface area contributed by atoms with Gasteiger partial charge in [0, 0.05) is 31.4 Å².